The minimum Gasteiger partial charge on any atom is -0.493 e. The molecule has 1 heterocycles. The number of para-hydroxylation sites is 1. The number of methoxy groups -OCH3 is 2. The van der Waals surface area contributed by atoms with E-state index >= 15 is 0 Å². The number of ether oxygens (including phenoxy) is 2. The maximum atomic E-state index is 12.9. The Morgan fingerprint density at radius 1 is 1.03 bits per heavy atom. The number of hydrogen-bond donors (Lipinski definition) is 3. The lowest BCUT2D eigenvalue weighted by Crippen LogP contribution is -2.25. The number of carbonyl (C=O) groups is 2. The maximum absolute atomic E-state index is 12.9. The van der Waals surface area contributed by atoms with Gasteiger partial charge in [-0.1, -0.05) is 43.8 Å². The third-order valence-corrected chi connectivity index (χ3v) is 6.26. The third-order valence-electron chi connectivity index (χ3n) is 5.02. The van der Waals surface area contributed by atoms with E-state index < -0.39 is 10.8 Å². The van der Waals surface area contributed by atoms with Crippen molar-refractivity contribution in [3.8, 4) is 22.8 Å². The summed E-state index contributed by atoms with van der Waals surface area (Å²) >= 11 is 1.10. The van der Waals surface area contributed by atoms with Gasteiger partial charge in [0.25, 0.3) is 5.56 Å². The summed E-state index contributed by atoms with van der Waals surface area (Å²) in [4.78, 5) is 40.2. The van der Waals surface area contributed by atoms with Crippen molar-refractivity contribution in [3.05, 3.63) is 52.8 Å². The lowest BCUT2D eigenvalue weighted by Gasteiger charge is -2.15. The molecule has 10 nitrogen and oxygen atoms in total. The minimum atomic E-state index is -0.532. The number of carbonyl (C=O) groups excluding carboxylic acids is 2. The highest BCUT2D eigenvalue weighted by Crippen LogP contribution is 2.31. The normalized spacial score (nSPS) is 11.4. The molecule has 35 heavy (non-hydrogen) atoms. The summed E-state index contributed by atoms with van der Waals surface area (Å²) in [5.74, 6) is 0.604. The first-order chi connectivity index (χ1) is 16.9. The van der Waals surface area contributed by atoms with Crippen molar-refractivity contribution < 1.29 is 19.1 Å². The largest absolute Gasteiger partial charge is 0.493 e. The standard InChI is InChI=1S/C24H27N5O5S/c1-5-19(22(31)25-14-11-12-17(33-3)18(13-14)34-4)35-24-27-23(32)21(28-29-24)15-9-7-8-10-16(15)26-20(30)6-2/h7-13,19H,5-6H2,1-4H3,(H,25,31)(H,26,30)(H,27,29,32)/t19-/m1/s1. The van der Waals surface area contributed by atoms with Gasteiger partial charge in [0.15, 0.2) is 22.3 Å². The molecule has 2 aromatic carbocycles. The number of hydrogen-bond acceptors (Lipinski definition) is 8. The number of nitrogens with one attached hydrogen (secondary N) is 3. The zero-order chi connectivity index (χ0) is 25.4. The number of aromatic nitrogens is 3. The van der Waals surface area contributed by atoms with E-state index in [1.807, 2.05) is 6.92 Å². The van der Waals surface area contributed by atoms with Gasteiger partial charge in [0.1, 0.15) is 0 Å². The van der Waals surface area contributed by atoms with Crippen LogP contribution in [0.1, 0.15) is 26.7 Å². The Bertz CT molecular complexity index is 1260. The summed E-state index contributed by atoms with van der Waals surface area (Å²) in [6.45, 7) is 3.60. The average molecular weight is 498 g/mol. The lowest BCUT2D eigenvalue weighted by molar-refractivity contribution is -0.116. The Hall–Kier alpha value is -3.86. The first-order valence-electron chi connectivity index (χ1n) is 11.0. The van der Waals surface area contributed by atoms with Crippen LogP contribution in [-0.2, 0) is 9.59 Å². The summed E-state index contributed by atoms with van der Waals surface area (Å²) in [6.07, 6.45) is 0.789. The number of aromatic amines is 1. The molecule has 184 valence electrons. The SMILES string of the molecule is CCC(=O)Nc1ccccc1-c1nnc(S[C@H](CC)C(=O)Nc2ccc(OC)c(OC)c2)[nH]c1=O. The number of H-pyrrole nitrogens is 1. The third kappa shape index (κ3) is 6.38. The van der Waals surface area contributed by atoms with E-state index in [2.05, 4.69) is 25.8 Å². The van der Waals surface area contributed by atoms with Crippen molar-refractivity contribution in [3.63, 3.8) is 0 Å². The second kappa shape index (κ2) is 12.0. The number of nitrogens with zero attached hydrogens (tertiary/aromatic N) is 2. The van der Waals surface area contributed by atoms with Crippen LogP contribution >= 0.6 is 11.8 Å². The van der Waals surface area contributed by atoms with Crippen molar-refractivity contribution in [1.29, 1.82) is 0 Å². The molecule has 3 N–H and O–H groups in total. The molecule has 0 saturated carbocycles. The van der Waals surface area contributed by atoms with E-state index in [-0.39, 0.29) is 22.7 Å². The molecule has 3 aromatic rings. The number of amides is 2. The molecule has 0 fully saturated rings. The Morgan fingerprint density at radius 2 is 1.77 bits per heavy atom. The van der Waals surface area contributed by atoms with Crippen molar-refractivity contribution in [2.24, 2.45) is 0 Å². The summed E-state index contributed by atoms with van der Waals surface area (Å²) in [5, 5.41) is 13.5. The van der Waals surface area contributed by atoms with Crippen LogP contribution in [0.5, 0.6) is 11.5 Å². The molecular formula is C24H27N5O5S. The number of thioether (sulfide) groups is 1. The summed E-state index contributed by atoms with van der Waals surface area (Å²) in [5.41, 5.74) is 1.07. The molecule has 11 heteroatoms. The van der Waals surface area contributed by atoms with E-state index in [0.717, 1.165) is 11.8 Å². The highest BCUT2D eigenvalue weighted by molar-refractivity contribution is 8.00. The first-order valence-corrected chi connectivity index (χ1v) is 11.8. The number of benzene rings is 2. The van der Waals surface area contributed by atoms with Gasteiger partial charge in [-0.05, 0) is 24.6 Å². The maximum Gasteiger partial charge on any atom is 0.278 e. The van der Waals surface area contributed by atoms with E-state index in [4.69, 9.17) is 9.47 Å². The first kappa shape index (κ1) is 25.8. The molecular weight excluding hydrogens is 470 g/mol. The highest BCUT2D eigenvalue weighted by Gasteiger charge is 2.21. The second-order valence-electron chi connectivity index (χ2n) is 7.33. The predicted octanol–water partition coefficient (Wildman–Crippen LogP) is 3.71. The number of anilines is 2. The van der Waals surface area contributed by atoms with E-state index in [1.54, 1.807) is 49.4 Å². The molecule has 1 aromatic heterocycles. The molecule has 0 unspecified atom stereocenters. The zero-order valence-electron chi connectivity index (χ0n) is 19.9. The molecule has 0 aliphatic heterocycles. The van der Waals surface area contributed by atoms with Gasteiger partial charge in [0.05, 0.1) is 25.2 Å². The quantitative estimate of drug-likeness (QED) is 0.361. The molecule has 1 atom stereocenters. The van der Waals surface area contributed by atoms with Crippen LogP contribution in [0.4, 0.5) is 11.4 Å². The van der Waals surface area contributed by atoms with E-state index in [1.165, 1.54) is 14.2 Å². The van der Waals surface area contributed by atoms with E-state index in [9.17, 15) is 14.4 Å². The van der Waals surface area contributed by atoms with Gasteiger partial charge in [-0.15, -0.1) is 10.2 Å². The predicted molar refractivity (Wildman–Crippen MR) is 135 cm³/mol. The second-order valence-corrected chi connectivity index (χ2v) is 8.52. The van der Waals surface area contributed by atoms with E-state index in [0.29, 0.717) is 41.3 Å². The van der Waals surface area contributed by atoms with Crippen LogP contribution in [0, 0.1) is 0 Å². The monoisotopic (exact) mass is 497 g/mol. The Kier molecular flexibility index (Phi) is 8.85. The summed E-state index contributed by atoms with van der Waals surface area (Å²) < 4.78 is 10.5. The molecule has 0 bridgehead atoms. The summed E-state index contributed by atoms with van der Waals surface area (Å²) in [6, 6.07) is 11.9. The van der Waals surface area contributed by atoms with Gasteiger partial charge < -0.3 is 20.1 Å². The Balaban J connectivity index is 1.77. The zero-order valence-corrected chi connectivity index (χ0v) is 20.7. The molecule has 0 spiro atoms. The fourth-order valence-electron chi connectivity index (χ4n) is 3.18. The van der Waals surface area contributed by atoms with Crippen LogP contribution in [0.2, 0.25) is 0 Å². The Morgan fingerprint density at radius 3 is 2.43 bits per heavy atom. The molecule has 3 rings (SSSR count). The van der Waals surface area contributed by atoms with Crippen molar-refractivity contribution in [2.45, 2.75) is 37.1 Å². The fourth-order valence-corrected chi connectivity index (χ4v) is 4.02. The summed E-state index contributed by atoms with van der Waals surface area (Å²) in [7, 11) is 3.05. The van der Waals surface area contributed by atoms with Crippen LogP contribution in [-0.4, -0.2) is 46.5 Å². The Labute approximate surface area is 206 Å². The fraction of sp³-hybridized carbons (Fsp3) is 0.292. The molecule has 0 aliphatic rings. The molecule has 0 saturated heterocycles. The van der Waals surface area contributed by atoms with Gasteiger partial charge in [0, 0.05) is 23.7 Å². The van der Waals surface area contributed by atoms with Crippen LogP contribution in [0.3, 0.4) is 0 Å². The minimum absolute atomic E-state index is 0.0733. The van der Waals surface area contributed by atoms with Crippen LogP contribution in [0.15, 0.2) is 52.4 Å². The number of rotatable bonds is 10. The lowest BCUT2D eigenvalue weighted by atomic mass is 10.1. The highest BCUT2D eigenvalue weighted by atomic mass is 32.2. The van der Waals surface area contributed by atoms with Gasteiger partial charge in [0.2, 0.25) is 11.8 Å². The smallest absolute Gasteiger partial charge is 0.278 e. The van der Waals surface area contributed by atoms with Gasteiger partial charge in [-0.3, -0.25) is 19.4 Å². The molecule has 2 amide bonds. The van der Waals surface area contributed by atoms with Crippen molar-refractivity contribution >= 4 is 35.0 Å². The van der Waals surface area contributed by atoms with Crippen LogP contribution < -0.4 is 25.7 Å². The average Bonchev–Trinajstić information content (AvgIpc) is 2.87. The van der Waals surface area contributed by atoms with Gasteiger partial charge in [-0.25, -0.2) is 0 Å². The molecule has 0 radical (unpaired) electrons. The van der Waals surface area contributed by atoms with Crippen LogP contribution in [0.25, 0.3) is 11.3 Å². The van der Waals surface area contributed by atoms with Crippen molar-refractivity contribution in [1.82, 2.24) is 15.2 Å². The van der Waals surface area contributed by atoms with Gasteiger partial charge in [-0.2, -0.15) is 0 Å². The van der Waals surface area contributed by atoms with Crippen molar-refractivity contribution in [2.75, 3.05) is 24.9 Å². The van der Waals surface area contributed by atoms with Gasteiger partial charge >= 0.3 is 0 Å². The molecule has 0 aliphatic carbocycles. The topological polar surface area (TPSA) is 135 Å².